The minimum Gasteiger partial charge on any atom is -0.383 e. The number of thiazole rings is 1. The summed E-state index contributed by atoms with van der Waals surface area (Å²) in [7, 11) is 3.80. The maximum absolute atomic E-state index is 6.13. The highest BCUT2D eigenvalue weighted by Crippen LogP contribution is 2.31. The highest BCUT2D eigenvalue weighted by molar-refractivity contribution is 7.22. The van der Waals surface area contributed by atoms with Gasteiger partial charge in [0.1, 0.15) is 0 Å². The summed E-state index contributed by atoms with van der Waals surface area (Å²) in [6, 6.07) is 5.80. The summed E-state index contributed by atoms with van der Waals surface area (Å²) in [5, 5.41) is 5.02. The molecule has 1 aromatic carbocycles. The van der Waals surface area contributed by atoms with Gasteiger partial charge in [0.15, 0.2) is 5.13 Å². The Morgan fingerprint density at radius 1 is 1.42 bits per heavy atom. The Bertz CT molecular complexity index is 532. The molecule has 4 nitrogen and oxygen atoms in total. The van der Waals surface area contributed by atoms with Crippen LogP contribution in [0.2, 0.25) is 5.02 Å². The van der Waals surface area contributed by atoms with Crippen LogP contribution in [0.4, 0.5) is 5.13 Å². The van der Waals surface area contributed by atoms with Crippen molar-refractivity contribution in [3.8, 4) is 0 Å². The van der Waals surface area contributed by atoms with Crippen LogP contribution in [0.5, 0.6) is 0 Å². The number of methoxy groups -OCH3 is 1. The van der Waals surface area contributed by atoms with Crippen LogP contribution in [0.1, 0.15) is 0 Å². The van der Waals surface area contributed by atoms with Crippen LogP contribution in [-0.2, 0) is 4.74 Å². The van der Waals surface area contributed by atoms with Crippen molar-refractivity contribution in [3.63, 3.8) is 0 Å². The first-order chi connectivity index (χ1) is 9.20. The molecule has 1 aromatic heterocycles. The van der Waals surface area contributed by atoms with Crippen LogP contribution in [0.15, 0.2) is 18.2 Å². The zero-order valence-corrected chi connectivity index (χ0v) is 12.7. The number of halogens is 1. The third-order valence-corrected chi connectivity index (χ3v) is 4.30. The van der Waals surface area contributed by atoms with Crippen LogP contribution < -0.4 is 5.32 Å². The van der Waals surface area contributed by atoms with E-state index in [1.165, 1.54) is 0 Å². The summed E-state index contributed by atoms with van der Waals surface area (Å²) < 4.78 is 6.08. The summed E-state index contributed by atoms with van der Waals surface area (Å²) in [6.45, 7) is 3.50. The summed E-state index contributed by atoms with van der Waals surface area (Å²) >= 11 is 7.73. The fraction of sp³-hybridized carbons (Fsp3) is 0.462. The molecule has 0 atom stereocenters. The average Bonchev–Trinajstić information content (AvgIpc) is 2.81. The number of benzene rings is 1. The van der Waals surface area contributed by atoms with Gasteiger partial charge in [-0.1, -0.05) is 29.0 Å². The molecule has 0 saturated carbocycles. The first kappa shape index (κ1) is 14.5. The van der Waals surface area contributed by atoms with Crippen molar-refractivity contribution in [1.29, 1.82) is 0 Å². The van der Waals surface area contributed by atoms with E-state index < -0.39 is 0 Å². The molecule has 0 fully saturated rings. The van der Waals surface area contributed by atoms with Gasteiger partial charge in [-0.25, -0.2) is 4.98 Å². The number of rotatable bonds is 7. The zero-order valence-electron chi connectivity index (χ0n) is 11.1. The Balaban J connectivity index is 1.86. The number of nitrogens with one attached hydrogen (secondary N) is 1. The van der Waals surface area contributed by atoms with Gasteiger partial charge >= 0.3 is 0 Å². The van der Waals surface area contributed by atoms with E-state index in [1.54, 1.807) is 18.4 Å². The first-order valence-corrected chi connectivity index (χ1v) is 7.36. The predicted molar refractivity (Wildman–Crippen MR) is 82.5 cm³/mol. The van der Waals surface area contributed by atoms with Gasteiger partial charge in [-0.2, -0.15) is 0 Å². The maximum atomic E-state index is 6.13. The highest BCUT2D eigenvalue weighted by Gasteiger charge is 2.06. The van der Waals surface area contributed by atoms with Gasteiger partial charge < -0.3 is 15.0 Å². The molecule has 0 bridgehead atoms. The lowest BCUT2D eigenvalue weighted by Crippen LogP contribution is -2.28. The smallest absolute Gasteiger partial charge is 0.183 e. The summed E-state index contributed by atoms with van der Waals surface area (Å²) in [6.07, 6.45) is 0. The van der Waals surface area contributed by atoms with Gasteiger partial charge in [0.2, 0.25) is 0 Å². The Morgan fingerprint density at radius 2 is 2.26 bits per heavy atom. The normalized spacial score (nSPS) is 11.4. The van der Waals surface area contributed by atoms with E-state index in [4.69, 9.17) is 16.3 Å². The second kappa shape index (κ2) is 7.05. The molecule has 2 rings (SSSR count). The van der Waals surface area contributed by atoms with Crippen molar-refractivity contribution >= 4 is 38.3 Å². The molecule has 0 radical (unpaired) electrons. The van der Waals surface area contributed by atoms with Crippen molar-refractivity contribution in [2.75, 3.05) is 45.7 Å². The number of fused-ring (bicyclic) bond motifs is 1. The van der Waals surface area contributed by atoms with Crippen molar-refractivity contribution in [2.24, 2.45) is 0 Å². The van der Waals surface area contributed by atoms with E-state index in [0.717, 1.165) is 46.6 Å². The van der Waals surface area contributed by atoms with Crippen LogP contribution in [-0.4, -0.2) is 50.3 Å². The van der Waals surface area contributed by atoms with Gasteiger partial charge in [-0.15, -0.1) is 0 Å². The van der Waals surface area contributed by atoms with Gasteiger partial charge in [-0.05, 0) is 19.2 Å². The van der Waals surface area contributed by atoms with E-state index in [0.29, 0.717) is 0 Å². The van der Waals surface area contributed by atoms with Gasteiger partial charge in [-0.3, -0.25) is 0 Å². The molecule has 2 aromatic rings. The fourth-order valence-corrected chi connectivity index (χ4v) is 2.88. The minimum absolute atomic E-state index is 0.757. The molecule has 6 heteroatoms. The van der Waals surface area contributed by atoms with Crippen molar-refractivity contribution in [1.82, 2.24) is 9.88 Å². The third-order valence-electron chi connectivity index (χ3n) is 2.81. The lowest BCUT2D eigenvalue weighted by Gasteiger charge is -2.15. The molecule has 1 heterocycles. The first-order valence-electron chi connectivity index (χ1n) is 6.17. The lowest BCUT2D eigenvalue weighted by molar-refractivity contribution is 0.163. The molecule has 0 spiro atoms. The molecule has 1 N–H and O–H groups in total. The molecular formula is C13H18ClN3OS. The molecular weight excluding hydrogens is 282 g/mol. The third kappa shape index (κ3) is 4.04. The van der Waals surface area contributed by atoms with Gasteiger partial charge in [0.05, 0.1) is 21.8 Å². The van der Waals surface area contributed by atoms with Crippen molar-refractivity contribution < 1.29 is 4.74 Å². The van der Waals surface area contributed by atoms with Gasteiger partial charge in [0, 0.05) is 26.7 Å². The predicted octanol–water partition coefficient (Wildman–Crippen LogP) is 2.94. The van der Waals surface area contributed by atoms with Crippen LogP contribution in [0.3, 0.4) is 0 Å². The van der Waals surface area contributed by atoms with Crippen LogP contribution in [0, 0.1) is 0 Å². The number of nitrogens with zero attached hydrogens (tertiary/aromatic N) is 2. The zero-order chi connectivity index (χ0) is 13.7. The Hall–Kier alpha value is -0.880. The van der Waals surface area contributed by atoms with E-state index >= 15 is 0 Å². The van der Waals surface area contributed by atoms with E-state index in [9.17, 15) is 0 Å². The number of ether oxygens (including phenoxy) is 1. The fourth-order valence-electron chi connectivity index (χ4n) is 1.70. The summed E-state index contributed by atoms with van der Waals surface area (Å²) in [5.74, 6) is 0. The van der Waals surface area contributed by atoms with E-state index in [2.05, 4.69) is 22.2 Å². The number of hydrogen-bond acceptors (Lipinski definition) is 5. The molecule has 0 amide bonds. The number of hydrogen-bond donors (Lipinski definition) is 1. The Morgan fingerprint density at radius 3 is 3.00 bits per heavy atom. The second-order valence-corrected chi connectivity index (χ2v) is 5.74. The summed E-state index contributed by atoms with van der Waals surface area (Å²) in [5.41, 5.74) is 0.952. The standard InChI is InChI=1S/C13H18ClN3OS/c1-17(8-9-18-2)7-6-15-13-16-11-5-3-4-10(14)12(11)19-13/h3-5H,6-9H2,1-2H3,(H,15,16). The molecule has 0 aliphatic heterocycles. The Kier molecular flexibility index (Phi) is 5.39. The molecule has 0 aliphatic carbocycles. The quantitative estimate of drug-likeness (QED) is 0.853. The van der Waals surface area contributed by atoms with Crippen molar-refractivity contribution in [2.45, 2.75) is 0 Å². The largest absolute Gasteiger partial charge is 0.383 e. The monoisotopic (exact) mass is 299 g/mol. The molecule has 0 saturated heterocycles. The van der Waals surface area contributed by atoms with Gasteiger partial charge in [0.25, 0.3) is 0 Å². The number of likely N-dealkylation sites (N-methyl/N-ethyl adjacent to an activating group) is 1. The molecule has 104 valence electrons. The number of anilines is 1. The Labute approximate surface area is 122 Å². The lowest BCUT2D eigenvalue weighted by atomic mass is 10.3. The second-order valence-electron chi connectivity index (χ2n) is 4.33. The molecule has 19 heavy (non-hydrogen) atoms. The average molecular weight is 300 g/mol. The topological polar surface area (TPSA) is 37.4 Å². The molecule has 0 unspecified atom stereocenters. The molecule has 0 aliphatic rings. The minimum atomic E-state index is 0.757. The SMILES string of the molecule is COCCN(C)CCNc1nc2cccc(Cl)c2s1. The summed E-state index contributed by atoms with van der Waals surface area (Å²) in [4.78, 5) is 6.73. The van der Waals surface area contributed by atoms with E-state index in [1.807, 2.05) is 18.2 Å². The van der Waals surface area contributed by atoms with Crippen LogP contribution >= 0.6 is 22.9 Å². The highest BCUT2D eigenvalue weighted by atomic mass is 35.5. The van der Waals surface area contributed by atoms with Crippen molar-refractivity contribution in [3.05, 3.63) is 23.2 Å². The van der Waals surface area contributed by atoms with Crippen LogP contribution in [0.25, 0.3) is 10.2 Å². The maximum Gasteiger partial charge on any atom is 0.183 e. The van der Waals surface area contributed by atoms with E-state index in [-0.39, 0.29) is 0 Å². The number of aromatic nitrogens is 1.